The van der Waals surface area contributed by atoms with Crippen LogP contribution in [0.2, 0.25) is 0 Å². The maximum Gasteiger partial charge on any atom is 0.157 e. The van der Waals surface area contributed by atoms with Crippen LogP contribution in [0.3, 0.4) is 0 Å². The highest BCUT2D eigenvalue weighted by atomic mass is 32.2. The molecular formula is C10H18N2O2S. The number of amidine groups is 1. The van der Waals surface area contributed by atoms with Crippen molar-refractivity contribution in [3.8, 4) is 0 Å². The van der Waals surface area contributed by atoms with Crippen molar-refractivity contribution in [3.05, 3.63) is 0 Å². The van der Waals surface area contributed by atoms with Gasteiger partial charge in [0.25, 0.3) is 0 Å². The summed E-state index contributed by atoms with van der Waals surface area (Å²) < 4.78 is 10.9. The summed E-state index contributed by atoms with van der Waals surface area (Å²) in [7, 11) is 1.75. The Hall–Kier alpha value is -0.260. The Morgan fingerprint density at radius 2 is 2.60 bits per heavy atom. The van der Waals surface area contributed by atoms with Crippen molar-refractivity contribution in [2.45, 2.75) is 24.2 Å². The lowest BCUT2D eigenvalue weighted by molar-refractivity contribution is -0.0125. The standard InChI is InChI=1S/C10H18N2O2S/c1-8-5-11-9(15-8)12-6-10(13-2)3-4-14-7-10/h8H,3-7H2,1-2H3,(H,11,12). The smallest absolute Gasteiger partial charge is 0.157 e. The van der Waals surface area contributed by atoms with Crippen LogP contribution in [-0.2, 0) is 9.47 Å². The second-order valence-electron chi connectivity index (χ2n) is 4.12. The topological polar surface area (TPSA) is 42.8 Å². The average molecular weight is 230 g/mol. The zero-order valence-electron chi connectivity index (χ0n) is 9.28. The van der Waals surface area contributed by atoms with Gasteiger partial charge in [-0.05, 0) is 0 Å². The highest BCUT2D eigenvalue weighted by Crippen LogP contribution is 2.23. The number of ether oxygens (including phenoxy) is 2. The molecule has 2 unspecified atom stereocenters. The Bertz CT molecular complexity index is 252. The van der Waals surface area contributed by atoms with Crippen LogP contribution in [0.5, 0.6) is 0 Å². The fourth-order valence-electron chi connectivity index (χ4n) is 1.77. The van der Waals surface area contributed by atoms with Crippen LogP contribution in [0, 0.1) is 0 Å². The molecule has 2 rings (SSSR count). The third-order valence-corrected chi connectivity index (χ3v) is 3.91. The van der Waals surface area contributed by atoms with Gasteiger partial charge in [0.1, 0.15) is 5.60 Å². The SMILES string of the molecule is COC1(CNC2=NCC(C)S2)CCOC1. The molecule has 2 atom stereocenters. The minimum absolute atomic E-state index is 0.144. The number of hydrogen-bond donors (Lipinski definition) is 1. The summed E-state index contributed by atoms with van der Waals surface area (Å²) >= 11 is 1.80. The van der Waals surface area contributed by atoms with Gasteiger partial charge < -0.3 is 14.8 Å². The lowest BCUT2D eigenvalue weighted by Gasteiger charge is -2.26. The second-order valence-corrected chi connectivity index (χ2v) is 5.54. The molecule has 2 aliphatic heterocycles. The summed E-state index contributed by atoms with van der Waals surface area (Å²) in [4.78, 5) is 4.42. The lowest BCUT2D eigenvalue weighted by atomic mass is 10.0. The Morgan fingerprint density at radius 3 is 3.13 bits per heavy atom. The van der Waals surface area contributed by atoms with Crippen LogP contribution < -0.4 is 5.32 Å². The Labute approximate surface area is 94.8 Å². The molecule has 0 aromatic heterocycles. The number of hydrogen-bond acceptors (Lipinski definition) is 5. The molecular weight excluding hydrogens is 212 g/mol. The van der Waals surface area contributed by atoms with Gasteiger partial charge >= 0.3 is 0 Å². The van der Waals surface area contributed by atoms with Crippen molar-refractivity contribution in [1.82, 2.24) is 5.32 Å². The van der Waals surface area contributed by atoms with E-state index in [4.69, 9.17) is 9.47 Å². The molecule has 0 aromatic carbocycles. The van der Waals surface area contributed by atoms with E-state index in [2.05, 4.69) is 17.2 Å². The molecule has 0 saturated carbocycles. The van der Waals surface area contributed by atoms with Gasteiger partial charge in [-0.3, -0.25) is 4.99 Å². The van der Waals surface area contributed by atoms with Crippen molar-refractivity contribution >= 4 is 16.9 Å². The van der Waals surface area contributed by atoms with E-state index in [0.29, 0.717) is 11.9 Å². The predicted octanol–water partition coefficient (Wildman–Crippen LogP) is 0.873. The van der Waals surface area contributed by atoms with Crippen molar-refractivity contribution in [3.63, 3.8) is 0 Å². The van der Waals surface area contributed by atoms with E-state index in [1.807, 2.05) is 0 Å². The third-order valence-electron chi connectivity index (χ3n) is 2.87. The molecule has 0 radical (unpaired) electrons. The minimum Gasteiger partial charge on any atom is -0.378 e. The van der Waals surface area contributed by atoms with E-state index >= 15 is 0 Å². The first-order valence-corrected chi connectivity index (χ1v) is 6.20. The Morgan fingerprint density at radius 1 is 1.73 bits per heavy atom. The van der Waals surface area contributed by atoms with Gasteiger partial charge in [-0.1, -0.05) is 18.7 Å². The van der Waals surface area contributed by atoms with E-state index < -0.39 is 0 Å². The predicted molar refractivity (Wildman–Crippen MR) is 62.5 cm³/mol. The van der Waals surface area contributed by atoms with Gasteiger partial charge in [-0.25, -0.2) is 0 Å². The average Bonchev–Trinajstić information content (AvgIpc) is 2.85. The summed E-state index contributed by atoms with van der Waals surface area (Å²) in [6.07, 6.45) is 0.962. The van der Waals surface area contributed by atoms with E-state index in [1.54, 1.807) is 18.9 Å². The van der Waals surface area contributed by atoms with Crippen LogP contribution in [0.1, 0.15) is 13.3 Å². The zero-order valence-corrected chi connectivity index (χ0v) is 10.1. The molecule has 2 heterocycles. The van der Waals surface area contributed by atoms with Gasteiger partial charge in [0, 0.05) is 31.9 Å². The molecule has 0 aromatic rings. The number of nitrogens with zero attached hydrogens (tertiary/aromatic N) is 1. The fourth-order valence-corrected chi connectivity index (χ4v) is 2.61. The third kappa shape index (κ3) is 2.65. The number of nitrogens with one attached hydrogen (secondary N) is 1. The summed E-state index contributed by atoms with van der Waals surface area (Å²) in [5.74, 6) is 0. The van der Waals surface area contributed by atoms with E-state index in [-0.39, 0.29) is 5.60 Å². The van der Waals surface area contributed by atoms with Gasteiger partial charge in [-0.15, -0.1) is 0 Å². The highest BCUT2D eigenvalue weighted by Gasteiger charge is 2.35. The summed E-state index contributed by atoms with van der Waals surface area (Å²) in [5.41, 5.74) is -0.144. The van der Waals surface area contributed by atoms with Crippen LogP contribution in [0.4, 0.5) is 0 Å². The molecule has 2 aliphatic rings. The van der Waals surface area contributed by atoms with Crippen LogP contribution in [-0.4, -0.2) is 49.4 Å². The van der Waals surface area contributed by atoms with Crippen molar-refractivity contribution < 1.29 is 9.47 Å². The molecule has 1 fully saturated rings. The van der Waals surface area contributed by atoms with E-state index in [9.17, 15) is 0 Å². The quantitative estimate of drug-likeness (QED) is 0.781. The zero-order chi connectivity index (χ0) is 10.7. The summed E-state index contributed by atoms with van der Waals surface area (Å²) in [6.45, 7) is 5.38. The molecule has 86 valence electrons. The number of methoxy groups -OCH3 is 1. The van der Waals surface area contributed by atoms with E-state index in [1.165, 1.54) is 0 Å². The first-order valence-electron chi connectivity index (χ1n) is 5.32. The van der Waals surface area contributed by atoms with E-state index in [0.717, 1.165) is 31.3 Å². The summed E-state index contributed by atoms with van der Waals surface area (Å²) in [6, 6.07) is 0. The normalized spacial score (nSPS) is 35.6. The monoisotopic (exact) mass is 230 g/mol. The summed E-state index contributed by atoms with van der Waals surface area (Å²) in [5, 5.41) is 5.00. The molecule has 5 heteroatoms. The first-order chi connectivity index (χ1) is 7.24. The molecule has 0 spiro atoms. The maximum absolute atomic E-state index is 5.53. The Balaban J connectivity index is 1.81. The van der Waals surface area contributed by atoms with Gasteiger partial charge in [0.15, 0.2) is 5.17 Å². The maximum atomic E-state index is 5.53. The molecule has 1 N–H and O–H groups in total. The number of thioether (sulfide) groups is 1. The Kier molecular flexibility index (Phi) is 3.53. The van der Waals surface area contributed by atoms with Crippen molar-refractivity contribution in [1.29, 1.82) is 0 Å². The molecule has 15 heavy (non-hydrogen) atoms. The fraction of sp³-hybridized carbons (Fsp3) is 0.900. The van der Waals surface area contributed by atoms with Gasteiger partial charge in [-0.2, -0.15) is 0 Å². The van der Waals surface area contributed by atoms with Crippen molar-refractivity contribution in [2.75, 3.05) is 33.4 Å². The van der Waals surface area contributed by atoms with Gasteiger partial charge in [0.2, 0.25) is 0 Å². The number of rotatable bonds is 3. The molecule has 4 nitrogen and oxygen atoms in total. The molecule has 0 amide bonds. The highest BCUT2D eigenvalue weighted by molar-refractivity contribution is 8.14. The number of aliphatic imine (C=N–C) groups is 1. The van der Waals surface area contributed by atoms with Crippen LogP contribution in [0.25, 0.3) is 0 Å². The largest absolute Gasteiger partial charge is 0.378 e. The molecule has 0 aliphatic carbocycles. The van der Waals surface area contributed by atoms with Gasteiger partial charge in [0.05, 0.1) is 13.2 Å². The lowest BCUT2D eigenvalue weighted by Crippen LogP contribution is -2.44. The second kappa shape index (κ2) is 4.72. The molecule has 0 bridgehead atoms. The van der Waals surface area contributed by atoms with Crippen LogP contribution >= 0.6 is 11.8 Å². The first kappa shape index (κ1) is 11.2. The van der Waals surface area contributed by atoms with Crippen LogP contribution in [0.15, 0.2) is 4.99 Å². The molecule has 1 saturated heterocycles. The minimum atomic E-state index is -0.144. The van der Waals surface area contributed by atoms with Crippen molar-refractivity contribution in [2.24, 2.45) is 4.99 Å².